The van der Waals surface area contributed by atoms with Crippen molar-refractivity contribution in [2.75, 3.05) is 5.88 Å². The van der Waals surface area contributed by atoms with Crippen LogP contribution >= 0.6 is 11.8 Å². The highest BCUT2D eigenvalue weighted by Gasteiger charge is 2.50. The number of nitrogens with zero attached hydrogens (tertiary/aromatic N) is 1. The van der Waals surface area contributed by atoms with Crippen molar-refractivity contribution in [3.8, 4) is 0 Å². The molecular weight excluding hydrogens is 480 g/mol. The number of urea groups is 1. The van der Waals surface area contributed by atoms with E-state index in [1.54, 1.807) is 44.2 Å². The largest absolute Gasteiger partial charge is 0.480 e. The molecule has 2 aromatic carbocycles. The van der Waals surface area contributed by atoms with Gasteiger partial charge in [0, 0.05) is 22.9 Å². The van der Waals surface area contributed by atoms with E-state index in [0.29, 0.717) is 6.07 Å². The Labute approximate surface area is 205 Å². The minimum Gasteiger partial charge on any atom is -0.480 e. The van der Waals surface area contributed by atoms with Gasteiger partial charge in [-0.05, 0) is 31.9 Å². The molecule has 8 nitrogen and oxygen atoms in total. The molecule has 2 aromatic rings. The second-order valence-corrected chi connectivity index (χ2v) is 10.3. The van der Waals surface area contributed by atoms with Crippen molar-refractivity contribution < 1.29 is 33.4 Å². The third kappa shape index (κ3) is 6.49. The molecule has 1 saturated heterocycles. The van der Waals surface area contributed by atoms with Gasteiger partial charge < -0.3 is 25.7 Å². The Balaban J connectivity index is 1.75. The second-order valence-electron chi connectivity index (χ2n) is 8.73. The number of benzene rings is 2. The first-order chi connectivity index (χ1) is 16.5. The van der Waals surface area contributed by atoms with Gasteiger partial charge in [-0.1, -0.05) is 36.4 Å². The molecule has 0 saturated carbocycles. The molecule has 0 spiro atoms. The molecule has 3 amide bonds. The fourth-order valence-electron chi connectivity index (χ4n) is 3.90. The van der Waals surface area contributed by atoms with Gasteiger partial charge in [0.2, 0.25) is 0 Å². The zero-order valence-electron chi connectivity index (χ0n) is 19.2. The van der Waals surface area contributed by atoms with Crippen LogP contribution in [-0.4, -0.2) is 61.8 Å². The lowest BCUT2D eigenvalue weighted by molar-refractivity contribution is -0.154. The molecule has 188 valence electrons. The highest BCUT2D eigenvalue weighted by molar-refractivity contribution is 8.00. The maximum absolute atomic E-state index is 13.9. The minimum atomic E-state index is -1.74. The summed E-state index contributed by atoms with van der Waals surface area (Å²) < 4.78 is 26.2. The molecular formula is C24H27F2N3O5S. The molecule has 0 aromatic heterocycles. The number of carbonyl (C=O) groups is 3. The van der Waals surface area contributed by atoms with Gasteiger partial charge in [0.05, 0.1) is 11.9 Å². The summed E-state index contributed by atoms with van der Waals surface area (Å²) in [5, 5.41) is 25.6. The second kappa shape index (κ2) is 11.0. The lowest BCUT2D eigenvalue weighted by Gasteiger charge is -2.31. The van der Waals surface area contributed by atoms with E-state index in [-0.39, 0.29) is 24.4 Å². The number of halogens is 2. The van der Waals surface area contributed by atoms with Crippen molar-refractivity contribution in [3.05, 3.63) is 71.3 Å². The summed E-state index contributed by atoms with van der Waals surface area (Å²) in [6.07, 6.45) is -1.66. The molecule has 0 aliphatic carbocycles. The fourth-order valence-corrected chi connectivity index (χ4v) is 5.03. The van der Waals surface area contributed by atoms with Gasteiger partial charge in [0.25, 0.3) is 5.91 Å². The predicted octanol–water partition coefficient (Wildman–Crippen LogP) is 2.50. The van der Waals surface area contributed by atoms with Crippen LogP contribution in [0.25, 0.3) is 0 Å². The van der Waals surface area contributed by atoms with Gasteiger partial charge >= 0.3 is 12.0 Å². The van der Waals surface area contributed by atoms with E-state index >= 15 is 0 Å². The van der Waals surface area contributed by atoms with Gasteiger partial charge in [0.15, 0.2) is 6.10 Å². The molecule has 3 atom stereocenters. The molecule has 1 heterocycles. The summed E-state index contributed by atoms with van der Waals surface area (Å²) in [6.45, 7) is 3.16. The Kier molecular flexibility index (Phi) is 8.34. The van der Waals surface area contributed by atoms with E-state index in [2.05, 4.69) is 10.6 Å². The van der Waals surface area contributed by atoms with Gasteiger partial charge in [-0.3, -0.25) is 4.79 Å². The number of amides is 3. The maximum atomic E-state index is 13.9. The number of carboxylic acid groups (broad SMARTS) is 1. The lowest BCUT2D eigenvalue weighted by atomic mass is 9.98. The Morgan fingerprint density at radius 3 is 2.49 bits per heavy atom. The number of aliphatic hydroxyl groups excluding tert-OH is 1. The molecule has 3 rings (SSSR count). The van der Waals surface area contributed by atoms with Crippen LogP contribution in [0, 0.1) is 11.6 Å². The first-order valence-electron chi connectivity index (χ1n) is 10.9. The molecule has 0 radical (unpaired) electrons. The Morgan fingerprint density at radius 1 is 1.17 bits per heavy atom. The molecule has 1 aliphatic heterocycles. The number of rotatable bonds is 8. The molecule has 4 N–H and O–H groups in total. The van der Waals surface area contributed by atoms with Crippen LogP contribution in [0.4, 0.5) is 13.6 Å². The fraction of sp³-hybridized carbons (Fsp3) is 0.375. The Morgan fingerprint density at radius 2 is 1.86 bits per heavy atom. The highest BCUT2D eigenvalue weighted by Crippen LogP contribution is 2.39. The average molecular weight is 508 g/mol. The van der Waals surface area contributed by atoms with E-state index in [9.17, 15) is 33.4 Å². The molecule has 11 heteroatoms. The van der Waals surface area contributed by atoms with Gasteiger partial charge in [0.1, 0.15) is 17.7 Å². The Bertz CT molecular complexity index is 1090. The van der Waals surface area contributed by atoms with Crippen LogP contribution in [0.3, 0.4) is 0 Å². The summed E-state index contributed by atoms with van der Waals surface area (Å²) >= 11 is 1.28. The summed E-state index contributed by atoms with van der Waals surface area (Å²) in [7, 11) is 0. The van der Waals surface area contributed by atoms with Crippen LogP contribution in [0.5, 0.6) is 0 Å². The number of thioether (sulfide) groups is 1. The topological polar surface area (TPSA) is 119 Å². The first-order valence-corrected chi connectivity index (χ1v) is 11.9. The SMILES string of the molecule is CC1(C)SCN(C(=O)C(O)C(Cc2ccccc2)NC(=O)NCc2ccc(F)cc2F)C1C(=O)O. The van der Waals surface area contributed by atoms with Crippen molar-refractivity contribution in [1.82, 2.24) is 15.5 Å². The zero-order valence-corrected chi connectivity index (χ0v) is 20.0. The van der Waals surface area contributed by atoms with Crippen molar-refractivity contribution in [2.24, 2.45) is 0 Å². The van der Waals surface area contributed by atoms with Crippen LogP contribution in [0.1, 0.15) is 25.0 Å². The van der Waals surface area contributed by atoms with Crippen molar-refractivity contribution in [3.63, 3.8) is 0 Å². The van der Waals surface area contributed by atoms with Crippen LogP contribution in [0.2, 0.25) is 0 Å². The molecule has 3 unspecified atom stereocenters. The summed E-state index contributed by atoms with van der Waals surface area (Å²) in [6, 6.07) is 8.75. The van der Waals surface area contributed by atoms with E-state index in [4.69, 9.17) is 0 Å². The zero-order chi connectivity index (χ0) is 25.8. The van der Waals surface area contributed by atoms with Crippen molar-refractivity contribution in [2.45, 2.75) is 49.7 Å². The molecule has 1 aliphatic rings. The smallest absolute Gasteiger partial charge is 0.327 e. The summed E-state index contributed by atoms with van der Waals surface area (Å²) in [5.74, 6) is -3.50. The van der Waals surface area contributed by atoms with Crippen LogP contribution in [0.15, 0.2) is 48.5 Å². The number of aliphatic carboxylic acids is 1. The van der Waals surface area contributed by atoms with Crippen molar-refractivity contribution >= 4 is 29.7 Å². The van der Waals surface area contributed by atoms with E-state index in [0.717, 1.165) is 16.5 Å². The summed E-state index contributed by atoms with van der Waals surface area (Å²) in [5.41, 5.74) is 0.776. The molecule has 1 fully saturated rings. The quantitative estimate of drug-likeness (QED) is 0.436. The number of hydrogen-bond donors (Lipinski definition) is 4. The first kappa shape index (κ1) is 26.4. The normalized spacial score (nSPS) is 18.5. The number of aliphatic hydroxyl groups is 1. The van der Waals surface area contributed by atoms with Crippen molar-refractivity contribution in [1.29, 1.82) is 0 Å². The van der Waals surface area contributed by atoms with E-state index in [1.165, 1.54) is 17.8 Å². The Hall–Kier alpha value is -3.18. The van der Waals surface area contributed by atoms with Gasteiger partial charge in [-0.15, -0.1) is 11.8 Å². The third-order valence-electron chi connectivity index (χ3n) is 5.77. The van der Waals surface area contributed by atoms with Gasteiger partial charge in [-0.2, -0.15) is 0 Å². The van der Waals surface area contributed by atoms with E-state index in [1.807, 2.05) is 0 Å². The summed E-state index contributed by atoms with van der Waals surface area (Å²) in [4.78, 5) is 38.7. The average Bonchev–Trinajstić information content (AvgIpc) is 3.13. The highest BCUT2D eigenvalue weighted by atomic mass is 32.2. The number of carboxylic acids is 1. The molecule has 35 heavy (non-hydrogen) atoms. The van der Waals surface area contributed by atoms with Crippen LogP contribution < -0.4 is 10.6 Å². The number of carbonyl (C=O) groups excluding carboxylic acids is 2. The lowest BCUT2D eigenvalue weighted by Crippen LogP contribution is -2.57. The standard InChI is InChI=1S/C24H27F2N3O5S/c1-24(2)20(22(32)33)29(13-35-24)21(31)19(30)18(10-14-6-4-3-5-7-14)28-23(34)27-12-15-8-9-16(25)11-17(15)26/h3-9,11,18-20,30H,10,12-13H2,1-2H3,(H,32,33)(H2,27,28,34). The predicted molar refractivity (Wildman–Crippen MR) is 126 cm³/mol. The van der Waals surface area contributed by atoms with Crippen LogP contribution in [-0.2, 0) is 22.6 Å². The minimum absolute atomic E-state index is 0.0541. The number of nitrogens with one attached hydrogen (secondary N) is 2. The number of hydrogen-bond acceptors (Lipinski definition) is 5. The molecule has 0 bridgehead atoms. The van der Waals surface area contributed by atoms with Gasteiger partial charge in [-0.25, -0.2) is 18.4 Å². The van der Waals surface area contributed by atoms with E-state index < -0.39 is 52.5 Å². The maximum Gasteiger partial charge on any atom is 0.327 e. The monoisotopic (exact) mass is 507 g/mol. The third-order valence-corrected chi connectivity index (χ3v) is 7.14.